The minimum Gasteiger partial charge on any atom is -0.335 e. The van der Waals surface area contributed by atoms with Crippen molar-refractivity contribution in [3.63, 3.8) is 0 Å². The molecule has 0 spiro atoms. The van der Waals surface area contributed by atoms with Crippen molar-refractivity contribution in [1.82, 2.24) is 19.1 Å². The summed E-state index contributed by atoms with van der Waals surface area (Å²) in [5, 5.41) is 0.228. The normalized spacial score (nSPS) is 21.6. The number of hydrogen-bond donors (Lipinski definition) is 0. The van der Waals surface area contributed by atoms with Gasteiger partial charge in [0.1, 0.15) is 4.90 Å². The lowest BCUT2D eigenvalue weighted by Gasteiger charge is -2.36. The Labute approximate surface area is 175 Å². The van der Waals surface area contributed by atoms with Crippen LogP contribution in [0, 0.1) is 0 Å². The quantitative estimate of drug-likeness (QED) is 0.718. The van der Waals surface area contributed by atoms with Gasteiger partial charge in [0.25, 0.3) is 0 Å². The lowest BCUT2D eigenvalue weighted by atomic mass is 10.2. The summed E-state index contributed by atoms with van der Waals surface area (Å²) >= 11 is 6.09. The van der Waals surface area contributed by atoms with Gasteiger partial charge in [0.05, 0.1) is 23.3 Å². The van der Waals surface area contributed by atoms with Crippen LogP contribution < -0.4 is 0 Å². The molecule has 1 unspecified atom stereocenters. The average molecular weight is 435 g/mol. The third kappa shape index (κ3) is 4.16. The zero-order chi connectivity index (χ0) is 20.4. The first kappa shape index (κ1) is 20.3. The molecule has 2 aromatic rings. The number of halogens is 1. The maximum Gasteiger partial charge on any atom is 0.244 e. The minimum atomic E-state index is -3.63. The molecular formula is C20H23ClN4O3S. The molecule has 2 aliphatic heterocycles. The van der Waals surface area contributed by atoms with Crippen molar-refractivity contribution in [1.29, 1.82) is 0 Å². The van der Waals surface area contributed by atoms with E-state index < -0.39 is 10.0 Å². The van der Waals surface area contributed by atoms with Crippen LogP contribution in [0.1, 0.15) is 12.1 Å². The van der Waals surface area contributed by atoms with Crippen LogP contribution in [-0.2, 0) is 21.4 Å². The van der Waals surface area contributed by atoms with Crippen LogP contribution in [0.15, 0.2) is 53.6 Å². The molecule has 1 atom stereocenters. The fourth-order valence-electron chi connectivity index (χ4n) is 3.95. The van der Waals surface area contributed by atoms with E-state index in [-0.39, 0.29) is 21.9 Å². The van der Waals surface area contributed by atoms with Gasteiger partial charge in [0, 0.05) is 38.9 Å². The van der Waals surface area contributed by atoms with Crippen LogP contribution in [-0.4, -0.2) is 72.2 Å². The van der Waals surface area contributed by atoms with Crippen molar-refractivity contribution in [2.24, 2.45) is 0 Å². The van der Waals surface area contributed by atoms with E-state index in [0.29, 0.717) is 39.3 Å². The molecule has 3 heterocycles. The summed E-state index contributed by atoms with van der Waals surface area (Å²) in [7, 11) is -3.63. The average Bonchev–Trinajstić information content (AvgIpc) is 3.09. The van der Waals surface area contributed by atoms with Crippen LogP contribution in [0.3, 0.4) is 0 Å². The Hall–Kier alpha value is -2.00. The van der Waals surface area contributed by atoms with Gasteiger partial charge in [0.15, 0.2) is 0 Å². The van der Waals surface area contributed by atoms with Gasteiger partial charge in [0.2, 0.25) is 15.9 Å². The summed E-state index contributed by atoms with van der Waals surface area (Å²) in [6.45, 7) is 2.94. The number of piperazine rings is 1. The number of rotatable bonds is 5. The highest BCUT2D eigenvalue weighted by Gasteiger charge is 2.39. The molecule has 2 fully saturated rings. The molecule has 0 radical (unpaired) electrons. The van der Waals surface area contributed by atoms with E-state index in [1.807, 2.05) is 23.1 Å². The first-order valence-corrected chi connectivity index (χ1v) is 11.5. The van der Waals surface area contributed by atoms with Crippen molar-refractivity contribution >= 4 is 27.5 Å². The Morgan fingerprint density at radius 3 is 2.41 bits per heavy atom. The van der Waals surface area contributed by atoms with E-state index in [1.165, 1.54) is 10.4 Å². The second-order valence-corrected chi connectivity index (χ2v) is 9.57. The van der Waals surface area contributed by atoms with E-state index in [1.54, 1.807) is 24.4 Å². The molecule has 2 aliphatic rings. The van der Waals surface area contributed by atoms with Crippen LogP contribution in [0.4, 0.5) is 0 Å². The summed E-state index contributed by atoms with van der Waals surface area (Å²) in [6, 6.07) is 12.0. The van der Waals surface area contributed by atoms with E-state index >= 15 is 0 Å². The number of likely N-dealkylation sites (tertiary alicyclic amines) is 1. The standard InChI is InChI=1S/C20H23ClN4O3S/c21-17-6-1-2-7-19(17)29(27,28)25-13-11-23(12-14-25)18-8-10-24(20(18)26)15-16-5-3-4-9-22-16/h1-7,9,18H,8,10-15H2. The molecule has 0 N–H and O–H groups in total. The van der Waals surface area contributed by atoms with Gasteiger partial charge in [-0.1, -0.05) is 29.8 Å². The van der Waals surface area contributed by atoms with Crippen molar-refractivity contribution in [3.8, 4) is 0 Å². The highest BCUT2D eigenvalue weighted by Crippen LogP contribution is 2.26. The molecule has 1 aromatic carbocycles. The van der Waals surface area contributed by atoms with E-state index in [0.717, 1.165) is 12.1 Å². The second kappa shape index (κ2) is 8.39. The third-order valence-electron chi connectivity index (χ3n) is 5.52. The Morgan fingerprint density at radius 2 is 1.72 bits per heavy atom. The Morgan fingerprint density at radius 1 is 1.00 bits per heavy atom. The maximum absolute atomic E-state index is 12.9. The van der Waals surface area contributed by atoms with Crippen LogP contribution >= 0.6 is 11.6 Å². The van der Waals surface area contributed by atoms with Crippen LogP contribution in [0.2, 0.25) is 5.02 Å². The lowest BCUT2D eigenvalue weighted by molar-refractivity contribution is -0.133. The van der Waals surface area contributed by atoms with Crippen molar-refractivity contribution in [3.05, 3.63) is 59.4 Å². The zero-order valence-corrected chi connectivity index (χ0v) is 17.5. The molecule has 7 nitrogen and oxygen atoms in total. The summed E-state index contributed by atoms with van der Waals surface area (Å²) in [4.78, 5) is 21.2. The second-order valence-electron chi connectivity index (χ2n) is 7.26. The summed E-state index contributed by atoms with van der Waals surface area (Å²) in [5.74, 6) is 0.0954. The SMILES string of the molecule is O=C1C(N2CCN(S(=O)(=O)c3ccccc3Cl)CC2)CCN1Cc1ccccn1. The van der Waals surface area contributed by atoms with Gasteiger partial charge in [-0.15, -0.1) is 0 Å². The summed E-state index contributed by atoms with van der Waals surface area (Å²) < 4.78 is 27.2. The molecule has 154 valence electrons. The zero-order valence-electron chi connectivity index (χ0n) is 15.9. The molecule has 29 heavy (non-hydrogen) atoms. The Kier molecular flexibility index (Phi) is 5.87. The smallest absolute Gasteiger partial charge is 0.244 e. The lowest BCUT2D eigenvalue weighted by Crippen LogP contribution is -2.53. The van der Waals surface area contributed by atoms with E-state index in [4.69, 9.17) is 11.6 Å². The van der Waals surface area contributed by atoms with Crippen LogP contribution in [0.5, 0.6) is 0 Å². The molecule has 9 heteroatoms. The fourth-order valence-corrected chi connectivity index (χ4v) is 5.87. The molecule has 1 amide bonds. The predicted molar refractivity (Wildman–Crippen MR) is 110 cm³/mol. The number of carbonyl (C=O) groups is 1. The number of benzene rings is 1. The number of sulfonamides is 1. The molecule has 0 bridgehead atoms. The van der Waals surface area contributed by atoms with Gasteiger partial charge < -0.3 is 4.90 Å². The first-order chi connectivity index (χ1) is 14.0. The van der Waals surface area contributed by atoms with E-state index in [2.05, 4.69) is 9.88 Å². The number of hydrogen-bond acceptors (Lipinski definition) is 5. The molecule has 0 saturated carbocycles. The molecular weight excluding hydrogens is 412 g/mol. The van der Waals surface area contributed by atoms with Crippen molar-refractivity contribution in [2.45, 2.75) is 23.9 Å². The van der Waals surface area contributed by atoms with Gasteiger partial charge in [-0.2, -0.15) is 4.31 Å². The number of carbonyl (C=O) groups excluding carboxylic acids is 1. The fraction of sp³-hybridized carbons (Fsp3) is 0.400. The number of aromatic nitrogens is 1. The van der Waals surface area contributed by atoms with Gasteiger partial charge in [-0.05, 0) is 30.7 Å². The Balaban J connectivity index is 1.38. The number of amides is 1. The largest absolute Gasteiger partial charge is 0.335 e. The van der Waals surface area contributed by atoms with Crippen molar-refractivity contribution in [2.75, 3.05) is 32.7 Å². The Bertz CT molecular complexity index is 978. The highest BCUT2D eigenvalue weighted by atomic mass is 35.5. The van der Waals surface area contributed by atoms with Crippen molar-refractivity contribution < 1.29 is 13.2 Å². The topological polar surface area (TPSA) is 73.8 Å². The summed E-state index contributed by atoms with van der Waals surface area (Å²) in [5.41, 5.74) is 0.872. The molecule has 4 rings (SSSR count). The third-order valence-corrected chi connectivity index (χ3v) is 7.92. The number of nitrogens with zero attached hydrogens (tertiary/aromatic N) is 4. The number of pyridine rings is 1. The minimum absolute atomic E-state index is 0.0954. The highest BCUT2D eigenvalue weighted by molar-refractivity contribution is 7.89. The molecule has 0 aliphatic carbocycles. The maximum atomic E-state index is 12.9. The molecule has 1 aromatic heterocycles. The van der Waals surface area contributed by atoms with Gasteiger partial charge >= 0.3 is 0 Å². The first-order valence-electron chi connectivity index (χ1n) is 9.64. The molecule has 2 saturated heterocycles. The monoisotopic (exact) mass is 434 g/mol. The van der Waals surface area contributed by atoms with E-state index in [9.17, 15) is 13.2 Å². The predicted octanol–water partition coefficient (Wildman–Crippen LogP) is 1.84. The van der Waals surface area contributed by atoms with Gasteiger partial charge in [-0.3, -0.25) is 14.7 Å². The van der Waals surface area contributed by atoms with Crippen LogP contribution in [0.25, 0.3) is 0 Å². The summed E-state index contributed by atoms with van der Waals surface area (Å²) in [6.07, 6.45) is 2.48. The van der Waals surface area contributed by atoms with Gasteiger partial charge in [-0.25, -0.2) is 8.42 Å².